The highest BCUT2D eigenvalue weighted by atomic mass is 32.2. The minimum Gasteiger partial charge on any atom is -0.331 e. The Balaban J connectivity index is 1.67. The minimum atomic E-state index is -3.50. The number of aliphatic imine (C=N–C) groups is 1. The fraction of sp³-hybridized carbons (Fsp3) is 0.222. The Labute approximate surface area is 164 Å². The topological polar surface area (TPSA) is 77.0 Å². The van der Waals surface area contributed by atoms with Crippen LogP contribution in [-0.4, -0.2) is 44.3 Å². The van der Waals surface area contributed by atoms with E-state index in [-0.39, 0.29) is 10.0 Å². The van der Waals surface area contributed by atoms with Gasteiger partial charge in [0.2, 0.25) is 10.0 Å². The van der Waals surface area contributed by atoms with E-state index in [4.69, 9.17) is 12.2 Å². The predicted molar refractivity (Wildman–Crippen MR) is 113 cm³/mol. The van der Waals surface area contributed by atoms with E-state index in [2.05, 4.69) is 15.7 Å². The number of benzene rings is 2. The number of hydrazine groups is 1. The van der Waals surface area contributed by atoms with Gasteiger partial charge in [-0.2, -0.15) is 0 Å². The number of sulfonamides is 1. The number of para-hydroxylation sites is 1. The number of hydrogen-bond donors (Lipinski definition) is 2. The van der Waals surface area contributed by atoms with E-state index in [1.807, 2.05) is 35.3 Å². The van der Waals surface area contributed by atoms with Gasteiger partial charge in [-0.15, -0.1) is 0 Å². The number of hydrogen-bond acceptors (Lipinski definition) is 4. The van der Waals surface area contributed by atoms with Crippen LogP contribution < -0.4 is 15.8 Å². The standard InChI is InChI=1S/C18H21N5O2S2/c1-22(2)27(24,25)16-10-6-7-14(13-16)19-18(26)20-17-11-12-23(21-17)15-8-4-3-5-9-15/h3-10,13H,11-12H2,1-2H3,(H2,19,20,21,26). The number of nitrogens with zero attached hydrogens (tertiary/aromatic N) is 3. The molecule has 1 fully saturated rings. The molecule has 0 unspecified atom stereocenters. The van der Waals surface area contributed by atoms with Gasteiger partial charge in [-0.1, -0.05) is 24.3 Å². The Morgan fingerprint density at radius 3 is 2.63 bits per heavy atom. The van der Waals surface area contributed by atoms with Crippen molar-refractivity contribution in [3.8, 4) is 0 Å². The molecule has 9 heteroatoms. The number of thiocarbonyl (C=S) groups is 1. The summed E-state index contributed by atoms with van der Waals surface area (Å²) in [6.07, 6.45) is 0.742. The molecule has 1 aliphatic rings. The van der Waals surface area contributed by atoms with Gasteiger partial charge in [-0.25, -0.2) is 17.7 Å². The molecule has 0 radical (unpaired) electrons. The molecule has 1 heterocycles. The summed E-state index contributed by atoms with van der Waals surface area (Å²) in [5.74, 6) is 0.758. The van der Waals surface area contributed by atoms with Crippen LogP contribution in [0.2, 0.25) is 0 Å². The van der Waals surface area contributed by atoms with Crippen LogP contribution in [0.5, 0.6) is 0 Å². The van der Waals surface area contributed by atoms with Crippen molar-refractivity contribution in [1.29, 1.82) is 0 Å². The molecule has 0 saturated carbocycles. The van der Waals surface area contributed by atoms with Crippen molar-refractivity contribution in [2.45, 2.75) is 11.3 Å². The van der Waals surface area contributed by atoms with E-state index in [9.17, 15) is 8.42 Å². The molecule has 0 aliphatic carbocycles. The Hall–Kier alpha value is -2.49. The van der Waals surface area contributed by atoms with Crippen molar-refractivity contribution in [2.24, 2.45) is 4.99 Å². The maximum atomic E-state index is 12.2. The van der Waals surface area contributed by atoms with Gasteiger partial charge in [0, 0.05) is 32.7 Å². The number of nitrogens with one attached hydrogen (secondary N) is 2. The average molecular weight is 404 g/mol. The zero-order valence-corrected chi connectivity index (χ0v) is 16.7. The summed E-state index contributed by atoms with van der Waals surface area (Å²) in [7, 11) is -0.508. The average Bonchev–Trinajstić information content (AvgIpc) is 3.11. The molecule has 0 atom stereocenters. The van der Waals surface area contributed by atoms with E-state index in [0.29, 0.717) is 5.69 Å². The number of amidine groups is 1. The highest BCUT2D eigenvalue weighted by molar-refractivity contribution is 7.89. The molecule has 1 aliphatic heterocycles. The van der Waals surface area contributed by atoms with Crippen LogP contribution in [0.1, 0.15) is 6.42 Å². The van der Waals surface area contributed by atoms with Crippen LogP contribution >= 0.6 is 12.2 Å². The summed E-state index contributed by atoms with van der Waals surface area (Å²) in [4.78, 5) is 4.59. The molecule has 0 spiro atoms. The molecular formula is C18H21N5O2S2. The Bertz CT molecular complexity index is 959. The molecule has 2 N–H and O–H groups in total. The summed E-state index contributed by atoms with van der Waals surface area (Å²) in [5.41, 5.74) is 4.86. The van der Waals surface area contributed by atoms with Crippen molar-refractivity contribution in [3.05, 3.63) is 54.6 Å². The molecule has 0 amide bonds. The van der Waals surface area contributed by atoms with Crippen LogP contribution in [0, 0.1) is 0 Å². The summed E-state index contributed by atoms with van der Waals surface area (Å²) in [5, 5.41) is 5.25. The van der Waals surface area contributed by atoms with Crippen LogP contribution in [0.3, 0.4) is 0 Å². The van der Waals surface area contributed by atoms with Crippen LogP contribution in [0.25, 0.3) is 0 Å². The summed E-state index contributed by atoms with van der Waals surface area (Å²) >= 11 is 5.30. The lowest BCUT2D eigenvalue weighted by atomic mass is 10.3. The van der Waals surface area contributed by atoms with E-state index in [1.54, 1.807) is 24.3 Å². The normalized spacial score (nSPS) is 15.8. The molecule has 3 rings (SSSR count). The van der Waals surface area contributed by atoms with Gasteiger partial charge >= 0.3 is 0 Å². The van der Waals surface area contributed by atoms with E-state index in [1.165, 1.54) is 18.4 Å². The van der Waals surface area contributed by atoms with Crippen molar-refractivity contribution in [3.63, 3.8) is 0 Å². The lowest BCUT2D eigenvalue weighted by Gasteiger charge is -2.17. The van der Waals surface area contributed by atoms with Gasteiger partial charge in [-0.05, 0) is 42.5 Å². The summed E-state index contributed by atoms with van der Waals surface area (Å²) in [6, 6.07) is 16.5. The van der Waals surface area contributed by atoms with Crippen LogP contribution in [-0.2, 0) is 10.0 Å². The lowest BCUT2D eigenvalue weighted by Crippen LogP contribution is -2.33. The molecule has 0 bridgehead atoms. The number of anilines is 2. The Morgan fingerprint density at radius 1 is 1.19 bits per heavy atom. The predicted octanol–water partition coefficient (Wildman–Crippen LogP) is 2.45. The maximum Gasteiger partial charge on any atom is 0.242 e. The molecule has 142 valence electrons. The largest absolute Gasteiger partial charge is 0.331 e. The summed E-state index contributed by atoms with van der Waals surface area (Å²) in [6.45, 7) is 0.794. The van der Waals surface area contributed by atoms with Crippen molar-refractivity contribution >= 4 is 44.6 Å². The summed E-state index contributed by atoms with van der Waals surface area (Å²) < 4.78 is 25.7. The first-order valence-electron chi connectivity index (χ1n) is 8.36. The second-order valence-corrected chi connectivity index (χ2v) is 8.69. The van der Waals surface area contributed by atoms with Crippen molar-refractivity contribution in [1.82, 2.24) is 9.73 Å². The SMILES string of the molecule is CN(C)S(=O)(=O)c1cccc(NC(=S)/N=C2/CCN(c3ccccc3)N2)c1. The molecule has 1 saturated heterocycles. The van der Waals surface area contributed by atoms with Crippen LogP contribution in [0.4, 0.5) is 11.4 Å². The monoisotopic (exact) mass is 403 g/mol. The van der Waals surface area contributed by atoms with E-state index >= 15 is 0 Å². The third kappa shape index (κ3) is 4.62. The molecular weight excluding hydrogens is 382 g/mol. The van der Waals surface area contributed by atoms with E-state index < -0.39 is 10.0 Å². The quantitative estimate of drug-likeness (QED) is 0.764. The molecule has 0 aromatic heterocycles. The van der Waals surface area contributed by atoms with Gasteiger partial charge in [-0.3, -0.25) is 10.4 Å². The van der Waals surface area contributed by atoms with E-state index in [0.717, 1.165) is 24.5 Å². The maximum absolute atomic E-state index is 12.2. The zero-order chi connectivity index (χ0) is 19.4. The smallest absolute Gasteiger partial charge is 0.242 e. The van der Waals surface area contributed by atoms with Gasteiger partial charge in [0.25, 0.3) is 0 Å². The Morgan fingerprint density at radius 2 is 1.93 bits per heavy atom. The van der Waals surface area contributed by atoms with Crippen molar-refractivity contribution in [2.75, 3.05) is 31.0 Å². The number of rotatable bonds is 4. The molecule has 27 heavy (non-hydrogen) atoms. The second kappa shape index (κ2) is 8.03. The van der Waals surface area contributed by atoms with Gasteiger partial charge < -0.3 is 5.32 Å². The third-order valence-electron chi connectivity index (χ3n) is 4.00. The Kier molecular flexibility index (Phi) is 5.73. The first-order valence-corrected chi connectivity index (χ1v) is 10.2. The van der Waals surface area contributed by atoms with Crippen molar-refractivity contribution < 1.29 is 8.42 Å². The second-order valence-electron chi connectivity index (χ2n) is 6.15. The van der Waals surface area contributed by atoms with Gasteiger partial charge in [0.05, 0.1) is 10.6 Å². The fourth-order valence-corrected chi connectivity index (χ4v) is 3.76. The first kappa shape index (κ1) is 19.3. The minimum absolute atomic E-state index is 0.196. The van der Waals surface area contributed by atoms with Gasteiger partial charge in [0.15, 0.2) is 5.11 Å². The molecule has 7 nitrogen and oxygen atoms in total. The lowest BCUT2D eigenvalue weighted by molar-refractivity contribution is 0.521. The highest BCUT2D eigenvalue weighted by Gasteiger charge is 2.19. The molecule has 2 aromatic carbocycles. The third-order valence-corrected chi connectivity index (χ3v) is 6.01. The zero-order valence-electron chi connectivity index (χ0n) is 15.1. The highest BCUT2D eigenvalue weighted by Crippen LogP contribution is 2.19. The van der Waals surface area contributed by atoms with Crippen LogP contribution in [0.15, 0.2) is 64.5 Å². The fourth-order valence-electron chi connectivity index (χ4n) is 2.59. The molecule has 2 aromatic rings. The first-order chi connectivity index (χ1) is 12.9. The van der Waals surface area contributed by atoms with Gasteiger partial charge in [0.1, 0.15) is 5.84 Å².